The van der Waals surface area contributed by atoms with Gasteiger partial charge in [0.1, 0.15) is 5.75 Å². The minimum Gasteiger partial charge on any atom is -0.463 e. The number of benzene rings is 2. The summed E-state index contributed by atoms with van der Waals surface area (Å²) in [7, 11) is 0. The van der Waals surface area contributed by atoms with E-state index in [1.165, 1.54) is 6.07 Å². The molecule has 0 radical (unpaired) electrons. The van der Waals surface area contributed by atoms with E-state index < -0.39 is 5.72 Å². The van der Waals surface area contributed by atoms with E-state index in [4.69, 9.17) is 20.2 Å². The molecule has 0 spiro atoms. The van der Waals surface area contributed by atoms with Crippen LogP contribution in [0.25, 0.3) is 21.9 Å². The lowest BCUT2D eigenvalue weighted by Gasteiger charge is -2.36. The zero-order chi connectivity index (χ0) is 20.6. The van der Waals surface area contributed by atoms with Crippen molar-refractivity contribution in [3.63, 3.8) is 0 Å². The first kappa shape index (κ1) is 18.8. The Morgan fingerprint density at radius 1 is 1.07 bits per heavy atom. The second kappa shape index (κ2) is 7.56. The number of rotatable bonds is 5. The summed E-state index contributed by atoms with van der Waals surface area (Å²) in [6.45, 7) is 3.18. The van der Waals surface area contributed by atoms with Crippen molar-refractivity contribution < 1.29 is 9.47 Å². The molecule has 1 aliphatic heterocycles. The average molecular weight is 405 g/mol. The molecule has 1 atom stereocenters. The van der Waals surface area contributed by atoms with Crippen LogP contribution >= 0.6 is 0 Å². The highest BCUT2D eigenvalue weighted by Crippen LogP contribution is 2.29. The van der Waals surface area contributed by atoms with Gasteiger partial charge in [0.05, 0.1) is 36.3 Å². The van der Waals surface area contributed by atoms with Gasteiger partial charge in [0, 0.05) is 24.5 Å². The number of morpholine rings is 1. The van der Waals surface area contributed by atoms with E-state index in [0.29, 0.717) is 36.8 Å². The van der Waals surface area contributed by atoms with E-state index in [-0.39, 0.29) is 5.56 Å². The highest BCUT2D eigenvalue weighted by Gasteiger charge is 2.37. The van der Waals surface area contributed by atoms with Crippen LogP contribution in [0.1, 0.15) is 5.82 Å². The minimum absolute atomic E-state index is 0.248. The van der Waals surface area contributed by atoms with Crippen LogP contribution in [0, 0.1) is 0 Å². The van der Waals surface area contributed by atoms with E-state index >= 15 is 0 Å². The van der Waals surface area contributed by atoms with Crippen LogP contribution in [0.3, 0.4) is 0 Å². The average Bonchev–Trinajstić information content (AvgIpc) is 3.19. The molecule has 0 amide bonds. The molecule has 1 aliphatic rings. The number of ether oxygens (including phenoxy) is 2. The maximum absolute atomic E-state index is 12.2. The van der Waals surface area contributed by atoms with Gasteiger partial charge in [0.2, 0.25) is 5.72 Å². The molecule has 2 aromatic carbocycles. The summed E-state index contributed by atoms with van der Waals surface area (Å²) in [5, 5.41) is 0.782. The monoisotopic (exact) mass is 405 g/mol. The molecule has 4 aromatic rings. The van der Waals surface area contributed by atoms with Gasteiger partial charge >= 0.3 is 0 Å². The molecule has 1 unspecified atom stereocenters. The summed E-state index contributed by atoms with van der Waals surface area (Å²) in [4.78, 5) is 25.3. The Morgan fingerprint density at radius 3 is 2.60 bits per heavy atom. The molecule has 0 aliphatic carbocycles. The number of nitrogens with zero attached hydrogens (tertiary/aromatic N) is 2. The topological polar surface area (TPSA) is 109 Å². The number of nitrogens with two attached hydrogens (primary N) is 1. The zero-order valence-corrected chi connectivity index (χ0v) is 16.4. The normalized spacial score (nSPS) is 17.2. The lowest BCUT2D eigenvalue weighted by Crippen LogP contribution is -2.55. The van der Waals surface area contributed by atoms with Crippen LogP contribution < -0.4 is 16.0 Å². The van der Waals surface area contributed by atoms with Gasteiger partial charge < -0.3 is 19.4 Å². The number of pyridine rings is 1. The zero-order valence-electron chi connectivity index (χ0n) is 16.4. The van der Waals surface area contributed by atoms with Gasteiger partial charge in [-0.1, -0.05) is 24.3 Å². The molecule has 3 heterocycles. The number of fused-ring (bicyclic) bond motifs is 2. The fourth-order valence-corrected chi connectivity index (χ4v) is 3.85. The fraction of sp³-hybridized carbons (Fsp3) is 0.273. The molecule has 5 rings (SSSR count). The summed E-state index contributed by atoms with van der Waals surface area (Å²) >= 11 is 0. The number of H-pyrrole nitrogens is 2. The SMILES string of the molecule is NC(CN1CCOCC1)(Oc1cc(=O)[nH]c2ccccc12)c1nc2ccccc2[nH]1. The Morgan fingerprint density at radius 2 is 1.80 bits per heavy atom. The molecule has 154 valence electrons. The number of aromatic nitrogens is 3. The molecule has 1 fully saturated rings. The summed E-state index contributed by atoms with van der Waals surface area (Å²) in [6.07, 6.45) is 0. The van der Waals surface area contributed by atoms with Gasteiger partial charge in [-0.15, -0.1) is 0 Å². The van der Waals surface area contributed by atoms with Crippen molar-refractivity contribution in [2.24, 2.45) is 5.73 Å². The van der Waals surface area contributed by atoms with E-state index in [1.54, 1.807) is 0 Å². The lowest BCUT2D eigenvalue weighted by atomic mass is 10.1. The van der Waals surface area contributed by atoms with Crippen molar-refractivity contribution in [1.29, 1.82) is 0 Å². The first-order chi connectivity index (χ1) is 14.6. The second-order valence-corrected chi connectivity index (χ2v) is 7.53. The highest BCUT2D eigenvalue weighted by atomic mass is 16.5. The molecule has 0 bridgehead atoms. The van der Waals surface area contributed by atoms with Crippen LogP contribution in [0.2, 0.25) is 0 Å². The number of hydrogen-bond acceptors (Lipinski definition) is 6. The van der Waals surface area contributed by atoms with Crippen LogP contribution in [-0.2, 0) is 10.5 Å². The molecule has 30 heavy (non-hydrogen) atoms. The van der Waals surface area contributed by atoms with Crippen molar-refractivity contribution >= 4 is 21.9 Å². The lowest BCUT2D eigenvalue weighted by molar-refractivity contribution is -0.0213. The fourth-order valence-electron chi connectivity index (χ4n) is 3.85. The number of para-hydroxylation sites is 3. The summed E-state index contributed by atoms with van der Waals surface area (Å²) in [6, 6.07) is 16.7. The first-order valence-corrected chi connectivity index (χ1v) is 9.96. The van der Waals surface area contributed by atoms with Crippen molar-refractivity contribution in [2.45, 2.75) is 5.72 Å². The molecule has 1 saturated heterocycles. The van der Waals surface area contributed by atoms with Gasteiger partial charge in [0.25, 0.3) is 5.56 Å². The van der Waals surface area contributed by atoms with Gasteiger partial charge in [-0.05, 0) is 24.3 Å². The van der Waals surface area contributed by atoms with Crippen molar-refractivity contribution in [2.75, 3.05) is 32.8 Å². The van der Waals surface area contributed by atoms with Gasteiger partial charge in [-0.25, -0.2) is 4.98 Å². The van der Waals surface area contributed by atoms with Gasteiger partial charge in [-0.3, -0.25) is 15.4 Å². The minimum atomic E-state index is -1.28. The van der Waals surface area contributed by atoms with E-state index in [9.17, 15) is 4.79 Å². The van der Waals surface area contributed by atoms with Gasteiger partial charge in [0.15, 0.2) is 5.82 Å². The number of imidazole rings is 1. The molecular weight excluding hydrogens is 382 g/mol. The summed E-state index contributed by atoms with van der Waals surface area (Å²) in [5.41, 5.74) is 7.72. The van der Waals surface area contributed by atoms with Crippen LogP contribution in [-0.4, -0.2) is 52.7 Å². The number of aromatic amines is 2. The number of nitrogens with one attached hydrogen (secondary N) is 2. The van der Waals surface area contributed by atoms with E-state index in [1.807, 2.05) is 48.5 Å². The van der Waals surface area contributed by atoms with E-state index in [0.717, 1.165) is 29.5 Å². The second-order valence-electron chi connectivity index (χ2n) is 7.53. The van der Waals surface area contributed by atoms with Crippen LogP contribution in [0.5, 0.6) is 5.75 Å². The Balaban J connectivity index is 1.60. The molecule has 0 saturated carbocycles. The van der Waals surface area contributed by atoms with Crippen molar-refractivity contribution in [3.8, 4) is 5.75 Å². The van der Waals surface area contributed by atoms with Gasteiger partial charge in [-0.2, -0.15) is 0 Å². The number of hydrogen-bond donors (Lipinski definition) is 3. The Labute approximate surface area is 172 Å². The Hall–Kier alpha value is -3.20. The van der Waals surface area contributed by atoms with Crippen LogP contribution in [0.4, 0.5) is 0 Å². The largest absolute Gasteiger partial charge is 0.463 e. The molecular formula is C22H23N5O3. The van der Waals surface area contributed by atoms with Crippen molar-refractivity contribution in [1.82, 2.24) is 19.9 Å². The molecule has 8 nitrogen and oxygen atoms in total. The first-order valence-electron chi connectivity index (χ1n) is 9.96. The summed E-state index contributed by atoms with van der Waals surface area (Å²) in [5.74, 6) is 0.935. The maximum atomic E-state index is 12.2. The van der Waals surface area contributed by atoms with Crippen LogP contribution in [0.15, 0.2) is 59.4 Å². The third-order valence-electron chi connectivity index (χ3n) is 5.36. The smallest absolute Gasteiger partial charge is 0.252 e. The molecule has 2 aromatic heterocycles. The third kappa shape index (κ3) is 3.56. The highest BCUT2D eigenvalue weighted by molar-refractivity contribution is 5.84. The Bertz CT molecular complexity index is 1210. The standard InChI is InChI=1S/C22H23N5O3/c23-22(14-27-9-11-29-12-10-27,21-25-17-7-3-4-8-18(17)26-21)30-19-13-20(28)24-16-6-2-1-5-15(16)19/h1-8,13H,9-12,14,23H2,(H,24,28)(H,25,26). The van der Waals surface area contributed by atoms with E-state index in [2.05, 4.69) is 14.9 Å². The molecule has 8 heteroatoms. The molecule has 4 N–H and O–H groups in total. The summed E-state index contributed by atoms with van der Waals surface area (Å²) < 4.78 is 11.9. The van der Waals surface area contributed by atoms with Crippen molar-refractivity contribution in [3.05, 3.63) is 70.8 Å². The Kier molecular flexibility index (Phi) is 4.74. The predicted molar refractivity (Wildman–Crippen MR) is 114 cm³/mol. The quantitative estimate of drug-likeness (QED) is 0.438. The maximum Gasteiger partial charge on any atom is 0.252 e. The third-order valence-corrected chi connectivity index (χ3v) is 5.36. The predicted octanol–water partition coefficient (Wildman–Crippen LogP) is 1.93.